The Bertz CT molecular complexity index is 1190. The molecule has 0 bridgehead atoms. The van der Waals surface area contributed by atoms with E-state index in [4.69, 9.17) is 18.9 Å². The number of aliphatic hydroxyl groups excluding tert-OH is 9. The fourth-order valence-corrected chi connectivity index (χ4v) is 4.93. The number of halogens is 13. The predicted octanol–water partition coefficient (Wildman–Crippen LogP) is -1.62. The van der Waals surface area contributed by atoms with Gasteiger partial charge in [0.25, 0.3) is 0 Å². The van der Waals surface area contributed by atoms with Crippen LogP contribution >= 0.6 is 0 Å². The van der Waals surface area contributed by atoms with E-state index in [9.17, 15) is 108 Å². The van der Waals surface area contributed by atoms with Crippen LogP contribution in [0, 0.1) is 0 Å². The Balaban J connectivity index is 2.30. The SMILES string of the molecule is O=C(CCCC(F)(F)C(F)(F)C(F)(F)C(F)(F)C(F)(F)C(F)(F)F)NC(CO)(CO[C@@H]1O[C@H](CO)[C@@H](O)[C@H](O)[C@H]1O)CO[C@@H]1O[C@H](CO)[C@@H](O)[C@H](O)[C@H]1O. The molecule has 28 heteroatoms. The molecule has 2 saturated heterocycles. The highest BCUT2D eigenvalue weighted by Crippen LogP contribution is 2.60. The molecule has 0 aromatic carbocycles. The highest BCUT2D eigenvalue weighted by Gasteiger charge is 2.90. The fourth-order valence-electron chi connectivity index (χ4n) is 4.93. The van der Waals surface area contributed by atoms with Gasteiger partial charge in [-0.05, 0) is 6.42 Å². The van der Waals surface area contributed by atoms with E-state index in [1.165, 1.54) is 0 Å². The topological polar surface area (TPSA) is 248 Å². The molecular formula is C26H36F13NO14. The standard InChI is InChI=1S/C26H36F13NO14/c27-21(28,22(29,30)23(31,32)24(33,34)25(35,36)26(37,38)39)3-1-2-11(44)40-20(6-43,7-51-18-16(49)14(47)12(45)9(4-41)53-18)8-52-19-17(50)15(48)13(46)10(5-42)54-19/h9-10,12-19,41-43,45-50H,1-8H2,(H,40,44)/t9-,10-,12-,13-,14+,15+,16-,17-,18-,19-/m1/s1. The van der Waals surface area contributed by atoms with Crippen LogP contribution in [0.2, 0.25) is 0 Å². The van der Waals surface area contributed by atoms with E-state index >= 15 is 0 Å². The maximum atomic E-state index is 14.2. The molecule has 1 amide bonds. The Hall–Kier alpha value is -1.96. The van der Waals surface area contributed by atoms with Crippen molar-refractivity contribution in [2.75, 3.05) is 33.0 Å². The van der Waals surface area contributed by atoms with Gasteiger partial charge in [0, 0.05) is 12.8 Å². The molecule has 2 aliphatic rings. The van der Waals surface area contributed by atoms with E-state index in [0.717, 1.165) is 0 Å². The lowest BCUT2D eigenvalue weighted by Crippen LogP contribution is -2.70. The summed E-state index contributed by atoms with van der Waals surface area (Å²) >= 11 is 0. The number of carbonyl (C=O) groups excluding carboxylic acids is 1. The van der Waals surface area contributed by atoms with E-state index in [0.29, 0.717) is 0 Å². The molecule has 320 valence electrons. The Labute approximate surface area is 293 Å². The number of carbonyl (C=O) groups is 1. The normalized spacial score (nSPS) is 31.1. The number of hydrogen-bond donors (Lipinski definition) is 10. The lowest BCUT2D eigenvalue weighted by molar-refractivity contribution is -0.440. The van der Waals surface area contributed by atoms with E-state index in [-0.39, 0.29) is 0 Å². The van der Waals surface area contributed by atoms with Gasteiger partial charge in [0.1, 0.15) is 54.4 Å². The zero-order valence-corrected chi connectivity index (χ0v) is 26.9. The monoisotopic (exact) mass is 833 g/mol. The summed E-state index contributed by atoms with van der Waals surface area (Å²) in [7, 11) is 0. The molecule has 15 nitrogen and oxygen atoms in total. The molecule has 0 radical (unpaired) electrons. The van der Waals surface area contributed by atoms with Crippen molar-refractivity contribution in [1.82, 2.24) is 5.32 Å². The molecule has 54 heavy (non-hydrogen) atoms. The van der Waals surface area contributed by atoms with Crippen molar-refractivity contribution < 1.29 is 127 Å². The Morgan fingerprint density at radius 2 is 0.963 bits per heavy atom. The summed E-state index contributed by atoms with van der Waals surface area (Å²) in [5, 5.41) is 91.0. The predicted molar refractivity (Wildman–Crippen MR) is 142 cm³/mol. The largest absolute Gasteiger partial charge is 0.460 e. The highest BCUT2D eigenvalue weighted by molar-refractivity contribution is 5.76. The molecule has 0 aliphatic carbocycles. The first-order valence-electron chi connectivity index (χ1n) is 15.2. The molecule has 2 rings (SSSR count). The summed E-state index contributed by atoms with van der Waals surface area (Å²) in [5.74, 6) is -39.9. The molecule has 0 saturated carbocycles. The summed E-state index contributed by atoms with van der Waals surface area (Å²) in [6.07, 6.45) is -33.2. The number of aliphatic hydroxyl groups is 9. The van der Waals surface area contributed by atoms with Gasteiger partial charge in [-0.1, -0.05) is 0 Å². The third-order valence-electron chi connectivity index (χ3n) is 8.34. The zero-order chi connectivity index (χ0) is 42.0. The molecular weight excluding hydrogens is 797 g/mol. The quantitative estimate of drug-likeness (QED) is 0.0698. The number of alkyl halides is 13. The van der Waals surface area contributed by atoms with Crippen LogP contribution in [0.4, 0.5) is 57.1 Å². The fraction of sp³-hybridized carbons (Fsp3) is 0.962. The highest BCUT2D eigenvalue weighted by atomic mass is 19.4. The summed E-state index contributed by atoms with van der Waals surface area (Å²) in [6.45, 7) is -5.83. The van der Waals surface area contributed by atoms with E-state index in [1.807, 2.05) is 5.32 Å². The number of hydrogen-bond acceptors (Lipinski definition) is 14. The maximum absolute atomic E-state index is 14.2. The minimum atomic E-state index is -8.13. The van der Waals surface area contributed by atoms with Gasteiger partial charge in [-0.2, -0.15) is 57.1 Å². The van der Waals surface area contributed by atoms with E-state index in [2.05, 4.69) is 0 Å². The van der Waals surface area contributed by atoms with Crippen LogP contribution in [-0.4, -0.2) is 188 Å². The van der Waals surface area contributed by atoms with Gasteiger partial charge in [0.2, 0.25) is 5.91 Å². The summed E-state index contributed by atoms with van der Waals surface area (Å²) in [5.41, 5.74) is -2.53. The number of ether oxygens (including phenoxy) is 4. The first kappa shape index (κ1) is 48.2. The van der Waals surface area contributed by atoms with Crippen LogP contribution < -0.4 is 5.32 Å². The lowest BCUT2D eigenvalue weighted by Gasteiger charge is -2.43. The first-order chi connectivity index (χ1) is 24.4. The second-order valence-corrected chi connectivity index (χ2v) is 12.4. The van der Waals surface area contributed by atoms with Crippen molar-refractivity contribution in [2.24, 2.45) is 0 Å². The van der Waals surface area contributed by atoms with Gasteiger partial charge in [-0.3, -0.25) is 4.79 Å². The summed E-state index contributed by atoms with van der Waals surface area (Å²) in [6, 6.07) is 0. The van der Waals surface area contributed by atoms with Crippen molar-refractivity contribution in [3.8, 4) is 0 Å². The van der Waals surface area contributed by atoms with Crippen LogP contribution in [0.1, 0.15) is 19.3 Å². The molecule has 0 spiro atoms. The van der Waals surface area contributed by atoms with Crippen LogP contribution in [0.25, 0.3) is 0 Å². The third-order valence-corrected chi connectivity index (χ3v) is 8.34. The average Bonchev–Trinajstić information content (AvgIpc) is 3.07. The Kier molecular flexibility index (Phi) is 15.4. The number of rotatable bonds is 18. The van der Waals surface area contributed by atoms with E-state index < -0.39 is 161 Å². The van der Waals surface area contributed by atoms with Gasteiger partial charge >= 0.3 is 35.8 Å². The average molecular weight is 834 g/mol. The van der Waals surface area contributed by atoms with Gasteiger partial charge in [-0.15, -0.1) is 0 Å². The molecule has 10 atom stereocenters. The van der Waals surface area contributed by atoms with Crippen LogP contribution in [0.15, 0.2) is 0 Å². The van der Waals surface area contributed by atoms with Crippen molar-refractivity contribution in [1.29, 1.82) is 0 Å². The lowest BCUT2D eigenvalue weighted by atomic mass is 9.91. The second-order valence-electron chi connectivity index (χ2n) is 12.4. The molecule has 2 fully saturated rings. The second kappa shape index (κ2) is 17.3. The van der Waals surface area contributed by atoms with Crippen LogP contribution in [0.5, 0.6) is 0 Å². The first-order valence-corrected chi connectivity index (χ1v) is 15.2. The summed E-state index contributed by atoms with van der Waals surface area (Å²) in [4.78, 5) is 12.7. The number of nitrogens with one attached hydrogen (secondary N) is 1. The van der Waals surface area contributed by atoms with Gasteiger partial charge in [0.15, 0.2) is 12.6 Å². The molecule has 0 aromatic rings. The minimum Gasteiger partial charge on any atom is -0.394 e. The maximum Gasteiger partial charge on any atom is 0.460 e. The van der Waals surface area contributed by atoms with Crippen molar-refractivity contribution in [3.05, 3.63) is 0 Å². The van der Waals surface area contributed by atoms with Crippen molar-refractivity contribution in [2.45, 2.75) is 122 Å². The van der Waals surface area contributed by atoms with Crippen LogP contribution in [-0.2, 0) is 23.7 Å². The summed E-state index contributed by atoms with van der Waals surface area (Å²) < 4.78 is 195. The van der Waals surface area contributed by atoms with Gasteiger partial charge in [-0.25, -0.2) is 0 Å². The van der Waals surface area contributed by atoms with Crippen molar-refractivity contribution in [3.63, 3.8) is 0 Å². The third kappa shape index (κ3) is 9.25. The minimum absolute atomic E-state index is 0.995. The van der Waals surface area contributed by atoms with Gasteiger partial charge < -0.3 is 70.2 Å². The van der Waals surface area contributed by atoms with Crippen LogP contribution in [0.3, 0.4) is 0 Å². The molecule has 10 N–H and O–H groups in total. The molecule has 2 heterocycles. The van der Waals surface area contributed by atoms with Crippen molar-refractivity contribution >= 4 is 5.91 Å². The molecule has 2 aliphatic heterocycles. The molecule has 0 unspecified atom stereocenters. The van der Waals surface area contributed by atoms with E-state index in [1.54, 1.807) is 0 Å². The molecule has 0 aromatic heterocycles. The number of amides is 1. The smallest absolute Gasteiger partial charge is 0.394 e. The Morgan fingerprint density at radius 1 is 0.574 bits per heavy atom. The zero-order valence-electron chi connectivity index (χ0n) is 26.9. The van der Waals surface area contributed by atoms with Gasteiger partial charge in [0.05, 0.1) is 33.0 Å². The Morgan fingerprint density at radius 3 is 1.31 bits per heavy atom.